The van der Waals surface area contributed by atoms with Crippen molar-refractivity contribution in [2.45, 2.75) is 63.2 Å². The topological polar surface area (TPSA) is 59.0 Å². The number of amides is 1. The standard InChI is InChI=1S/C25H28F4N4O/c26-18-3-1-17(2-4-18)19-8-21(25(27,28)29)33-22(31-19)9-20(32-33)23(34)30-13-24-10-14-5-15(11-24)7-16(6-14)12-24/h1-4,9,14-16,19,21,31H,5-8,10-13H2,(H,30,34)/t14?,15?,16?,19-,21-,24?/m0/s1. The van der Waals surface area contributed by atoms with Crippen LogP contribution < -0.4 is 10.6 Å². The van der Waals surface area contributed by atoms with Gasteiger partial charge in [0.1, 0.15) is 11.6 Å². The minimum absolute atomic E-state index is 0.0127. The van der Waals surface area contributed by atoms with Gasteiger partial charge in [-0.3, -0.25) is 4.79 Å². The highest BCUT2D eigenvalue weighted by atomic mass is 19.4. The Bertz CT molecular complexity index is 1060. The average Bonchev–Trinajstić information content (AvgIpc) is 3.20. The second kappa shape index (κ2) is 7.71. The third kappa shape index (κ3) is 3.86. The molecule has 0 saturated heterocycles. The van der Waals surface area contributed by atoms with Crippen LogP contribution in [0.25, 0.3) is 0 Å². The van der Waals surface area contributed by atoms with E-state index in [1.54, 1.807) is 0 Å². The summed E-state index contributed by atoms with van der Waals surface area (Å²) in [4.78, 5) is 13.0. The zero-order valence-corrected chi connectivity index (χ0v) is 18.7. The molecule has 4 aliphatic carbocycles. The number of anilines is 1. The lowest BCUT2D eigenvalue weighted by Crippen LogP contribution is -2.51. The summed E-state index contributed by atoms with van der Waals surface area (Å²) in [6.07, 6.45) is 2.50. The van der Waals surface area contributed by atoms with Crippen molar-refractivity contribution < 1.29 is 22.4 Å². The fourth-order valence-electron chi connectivity index (χ4n) is 7.46. The largest absolute Gasteiger partial charge is 0.410 e. The summed E-state index contributed by atoms with van der Waals surface area (Å²) >= 11 is 0. The van der Waals surface area contributed by atoms with Crippen molar-refractivity contribution >= 4 is 11.7 Å². The number of hydrogen-bond acceptors (Lipinski definition) is 3. The van der Waals surface area contributed by atoms with Crippen LogP contribution in [0, 0.1) is 29.0 Å². The monoisotopic (exact) mass is 476 g/mol. The number of alkyl halides is 3. The molecular weight excluding hydrogens is 448 g/mol. The van der Waals surface area contributed by atoms with Gasteiger partial charge >= 0.3 is 6.18 Å². The van der Waals surface area contributed by atoms with Crippen LogP contribution in [0.2, 0.25) is 0 Å². The molecule has 2 aromatic rings. The number of aromatic nitrogens is 2. The lowest BCUT2D eigenvalue weighted by Gasteiger charge is -2.56. The lowest BCUT2D eigenvalue weighted by atomic mass is 9.49. The molecule has 5 aliphatic rings. The van der Waals surface area contributed by atoms with E-state index in [4.69, 9.17) is 0 Å². The summed E-state index contributed by atoms with van der Waals surface area (Å²) in [5.41, 5.74) is 0.668. The van der Waals surface area contributed by atoms with Crippen LogP contribution in [0.1, 0.15) is 73.1 Å². The second-order valence-corrected chi connectivity index (χ2v) is 11.0. The van der Waals surface area contributed by atoms with Gasteiger partial charge in [-0.05, 0) is 79.4 Å². The van der Waals surface area contributed by atoms with Gasteiger partial charge in [0.15, 0.2) is 11.7 Å². The van der Waals surface area contributed by atoms with Gasteiger partial charge in [0.25, 0.3) is 5.91 Å². The van der Waals surface area contributed by atoms with Crippen LogP contribution in [-0.2, 0) is 0 Å². The van der Waals surface area contributed by atoms with Crippen molar-refractivity contribution in [3.63, 3.8) is 0 Å². The Hall–Kier alpha value is -2.58. The summed E-state index contributed by atoms with van der Waals surface area (Å²) in [7, 11) is 0. The van der Waals surface area contributed by atoms with Gasteiger partial charge in [-0.2, -0.15) is 18.3 Å². The second-order valence-electron chi connectivity index (χ2n) is 11.0. The SMILES string of the molecule is O=C(NCC12CC3CC(CC(C3)C1)C2)c1cc2n(n1)[C@H](C(F)(F)F)C[C@@H](c1ccc(F)cc1)N2. The Balaban J connectivity index is 1.21. The highest BCUT2D eigenvalue weighted by Crippen LogP contribution is 2.59. The maximum absolute atomic E-state index is 13.9. The number of carbonyl (C=O) groups excluding carboxylic acids is 1. The predicted octanol–water partition coefficient (Wildman–Crippen LogP) is 5.63. The van der Waals surface area contributed by atoms with Crippen LogP contribution in [0.3, 0.4) is 0 Å². The fraction of sp³-hybridized carbons (Fsp3) is 0.600. The van der Waals surface area contributed by atoms with E-state index < -0.39 is 30.0 Å². The van der Waals surface area contributed by atoms with Crippen molar-refractivity contribution in [2.75, 3.05) is 11.9 Å². The molecule has 4 fully saturated rings. The van der Waals surface area contributed by atoms with E-state index in [0.29, 0.717) is 12.1 Å². The summed E-state index contributed by atoms with van der Waals surface area (Å²) in [5, 5.41) is 10.1. The van der Waals surface area contributed by atoms with Crippen LogP contribution in [0.5, 0.6) is 0 Å². The van der Waals surface area contributed by atoms with Gasteiger partial charge in [-0.25, -0.2) is 9.07 Å². The van der Waals surface area contributed by atoms with E-state index in [1.165, 1.54) is 49.6 Å². The number of rotatable bonds is 4. The molecule has 4 saturated carbocycles. The Morgan fingerprint density at radius 3 is 2.26 bits per heavy atom. The maximum atomic E-state index is 13.9. The van der Waals surface area contributed by atoms with Crippen molar-refractivity contribution in [1.29, 1.82) is 0 Å². The molecular formula is C25H28F4N4O. The first-order valence-corrected chi connectivity index (χ1v) is 12.1. The van der Waals surface area contributed by atoms with Gasteiger partial charge < -0.3 is 10.6 Å². The van der Waals surface area contributed by atoms with Crippen LogP contribution >= 0.6 is 0 Å². The number of nitrogens with one attached hydrogen (secondary N) is 2. The zero-order valence-electron chi connectivity index (χ0n) is 18.7. The van der Waals surface area contributed by atoms with E-state index in [0.717, 1.165) is 41.7 Å². The summed E-state index contributed by atoms with van der Waals surface area (Å²) in [5.74, 6) is 1.52. The first kappa shape index (κ1) is 21.9. The van der Waals surface area contributed by atoms with Crippen molar-refractivity contribution in [1.82, 2.24) is 15.1 Å². The van der Waals surface area contributed by atoms with E-state index in [1.807, 2.05) is 0 Å². The maximum Gasteiger partial charge on any atom is 0.410 e. The van der Waals surface area contributed by atoms with E-state index >= 15 is 0 Å². The van der Waals surface area contributed by atoms with Gasteiger partial charge in [-0.15, -0.1) is 0 Å². The molecule has 2 atom stereocenters. The molecule has 2 N–H and O–H groups in total. The predicted molar refractivity (Wildman–Crippen MR) is 118 cm³/mol. The highest BCUT2D eigenvalue weighted by molar-refractivity contribution is 5.93. The molecule has 1 aliphatic heterocycles. The van der Waals surface area contributed by atoms with Gasteiger partial charge in [0.05, 0.1) is 6.04 Å². The quantitative estimate of drug-likeness (QED) is 0.563. The number of fused-ring (bicyclic) bond motifs is 1. The van der Waals surface area contributed by atoms with Crippen molar-refractivity contribution in [2.24, 2.45) is 23.2 Å². The van der Waals surface area contributed by atoms with Gasteiger partial charge in [-0.1, -0.05) is 12.1 Å². The minimum atomic E-state index is -4.53. The molecule has 182 valence electrons. The van der Waals surface area contributed by atoms with Crippen LogP contribution in [0.15, 0.2) is 30.3 Å². The highest BCUT2D eigenvalue weighted by Gasteiger charge is 2.51. The number of halogens is 4. The molecule has 7 rings (SSSR count). The van der Waals surface area contributed by atoms with Gasteiger partial charge in [0, 0.05) is 19.0 Å². The molecule has 5 nitrogen and oxygen atoms in total. The average molecular weight is 477 g/mol. The van der Waals surface area contributed by atoms with Crippen LogP contribution in [0.4, 0.5) is 23.4 Å². The molecule has 0 radical (unpaired) electrons. The number of nitrogens with zero attached hydrogens (tertiary/aromatic N) is 2. The molecule has 0 unspecified atom stereocenters. The van der Waals surface area contributed by atoms with Gasteiger partial charge in [0.2, 0.25) is 0 Å². The van der Waals surface area contributed by atoms with Crippen molar-refractivity contribution in [3.05, 3.63) is 47.4 Å². The number of carbonyl (C=O) groups is 1. The summed E-state index contributed by atoms with van der Waals surface area (Å²) in [6, 6.07) is 4.27. The molecule has 1 aromatic heterocycles. The molecule has 0 spiro atoms. The Kier molecular flexibility index (Phi) is 4.97. The first-order valence-electron chi connectivity index (χ1n) is 12.1. The summed E-state index contributed by atoms with van der Waals surface area (Å²) < 4.78 is 55.9. The van der Waals surface area contributed by atoms with E-state index in [-0.39, 0.29) is 23.3 Å². The Morgan fingerprint density at radius 1 is 1.06 bits per heavy atom. The molecule has 9 heteroatoms. The van der Waals surface area contributed by atoms with E-state index in [9.17, 15) is 22.4 Å². The molecule has 1 aromatic carbocycles. The molecule has 2 heterocycles. The third-order valence-corrected chi connectivity index (χ3v) is 8.48. The first-order chi connectivity index (χ1) is 16.2. The molecule has 1 amide bonds. The fourth-order valence-corrected chi connectivity index (χ4v) is 7.46. The number of hydrogen-bond donors (Lipinski definition) is 2. The number of benzene rings is 1. The summed E-state index contributed by atoms with van der Waals surface area (Å²) in [6.45, 7) is 0.561. The van der Waals surface area contributed by atoms with E-state index in [2.05, 4.69) is 15.7 Å². The normalized spacial score (nSPS) is 33.9. The third-order valence-electron chi connectivity index (χ3n) is 8.48. The van der Waals surface area contributed by atoms with Crippen molar-refractivity contribution in [3.8, 4) is 0 Å². The smallest absolute Gasteiger partial charge is 0.363 e. The lowest BCUT2D eigenvalue weighted by molar-refractivity contribution is -0.173. The van der Waals surface area contributed by atoms with Crippen LogP contribution in [-0.4, -0.2) is 28.4 Å². The Morgan fingerprint density at radius 2 is 1.68 bits per heavy atom. The minimum Gasteiger partial charge on any atom is -0.363 e. The molecule has 34 heavy (non-hydrogen) atoms. The zero-order chi connectivity index (χ0) is 23.7. The molecule has 4 bridgehead atoms. The Labute approximate surface area is 195 Å².